The summed E-state index contributed by atoms with van der Waals surface area (Å²) in [4.78, 5) is -0.468. The van der Waals surface area contributed by atoms with Crippen LogP contribution in [0, 0.1) is 0 Å². The number of nitrogens with one attached hydrogen (secondary N) is 1. The van der Waals surface area contributed by atoms with Crippen LogP contribution in [0.25, 0.3) is 16.9 Å². The van der Waals surface area contributed by atoms with Gasteiger partial charge >= 0.3 is 103 Å². The molecule has 16 heteroatoms. The van der Waals surface area contributed by atoms with Crippen LogP contribution in [0.4, 0.5) is 5.82 Å². The Morgan fingerprint density at radius 2 is 1.72 bits per heavy atom. The first-order chi connectivity index (χ1) is 14.1. The molecular weight excluding hydrogens is 537 g/mol. The largest absolute Gasteiger partial charge is 1.00 e. The second-order valence-corrected chi connectivity index (χ2v) is 9.74. The van der Waals surface area contributed by atoms with E-state index >= 15 is 0 Å². The van der Waals surface area contributed by atoms with E-state index in [1.165, 1.54) is 18.2 Å². The van der Waals surface area contributed by atoms with Crippen LogP contribution in [0.2, 0.25) is 0 Å². The van der Waals surface area contributed by atoms with E-state index in [0.29, 0.717) is 23.3 Å². The number of nitrogens with zero attached hydrogens (tertiary/aromatic N) is 2. The molecular formula is C16H15K2N3O8S3. The molecule has 11 nitrogen and oxygen atoms in total. The summed E-state index contributed by atoms with van der Waals surface area (Å²) in [6, 6.07) is 13.5. The predicted octanol–water partition coefficient (Wildman–Crippen LogP) is -4.70. The van der Waals surface area contributed by atoms with Crippen LogP contribution in [-0.2, 0) is 29.5 Å². The molecule has 3 rings (SSSR count). The Balaban J connectivity index is 0.00000341. The van der Waals surface area contributed by atoms with Gasteiger partial charge in [-0.1, -0.05) is 30.3 Å². The normalized spacial score (nSPS) is 11.3. The summed E-state index contributed by atoms with van der Waals surface area (Å²) in [5.41, 5.74) is 0.680. The quantitative estimate of drug-likeness (QED) is 0.0946. The predicted molar refractivity (Wildman–Crippen MR) is 106 cm³/mol. The van der Waals surface area contributed by atoms with Crippen molar-refractivity contribution in [3.8, 4) is 16.9 Å². The summed E-state index contributed by atoms with van der Waals surface area (Å²) < 4.78 is 66.4. The van der Waals surface area contributed by atoms with Gasteiger partial charge in [0.05, 0.1) is 34.6 Å². The van der Waals surface area contributed by atoms with E-state index in [0.717, 1.165) is 17.0 Å². The maximum absolute atomic E-state index is 11.8. The van der Waals surface area contributed by atoms with Crippen molar-refractivity contribution >= 4 is 38.0 Å². The number of benzene rings is 2. The Hall–Kier alpha value is 0.813. The van der Waals surface area contributed by atoms with Crippen LogP contribution >= 0.6 is 12.0 Å². The van der Waals surface area contributed by atoms with Crippen molar-refractivity contribution in [3.63, 3.8) is 0 Å². The smallest absolute Gasteiger partial charge is 0.744 e. The molecule has 0 amide bonds. The fourth-order valence-corrected chi connectivity index (χ4v) is 4.11. The Labute approximate surface area is 275 Å². The molecule has 1 N–H and O–H groups in total. The topological polar surface area (TPSA) is 163 Å². The van der Waals surface area contributed by atoms with Crippen LogP contribution in [0.5, 0.6) is 0 Å². The number of aromatic nitrogens is 2. The average Bonchev–Trinajstić information content (AvgIpc) is 3.08. The van der Waals surface area contributed by atoms with Crippen LogP contribution in [-0.4, -0.2) is 37.4 Å². The van der Waals surface area contributed by atoms with Gasteiger partial charge in [-0.05, 0) is 18.2 Å². The van der Waals surface area contributed by atoms with Crippen LogP contribution in [0.3, 0.4) is 0 Å². The molecule has 0 saturated heterocycles. The van der Waals surface area contributed by atoms with Gasteiger partial charge in [-0.2, -0.15) is 9.43 Å². The molecule has 0 atom stereocenters. The van der Waals surface area contributed by atoms with Crippen molar-refractivity contribution in [2.45, 2.75) is 9.79 Å². The molecule has 2 aromatic carbocycles. The summed E-state index contributed by atoms with van der Waals surface area (Å²) in [5, 5.41) is 17.6. The third kappa shape index (κ3) is 8.48. The number of hydrogen-bond donors (Lipinski definition) is 1. The molecule has 1 aromatic heterocycles. The molecule has 0 spiro atoms. The van der Waals surface area contributed by atoms with E-state index in [1.54, 1.807) is 30.3 Å². The van der Waals surface area contributed by atoms with Crippen LogP contribution in [0.15, 0.2) is 64.4 Å². The average molecular weight is 552 g/mol. The third-order valence-electron chi connectivity index (χ3n) is 3.65. The maximum Gasteiger partial charge on any atom is 1.00 e. The molecule has 0 aliphatic rings. The Kier molecular flexibility index (Phi) is 12.7. The van der Waals surface area contributed by atoms with Crippen molar-refractivity contribution in [3.05, 3.63) is 54.6 Å². The van der Waals surface area contributed by atoms with Crippen molar-refractivity contribution in [1.29, 1.82) is 0 Å². The summed E-state index contributed by atoms with van der Waals surface area (Å²) in [5.74, 6) is -0.107. The molecule has 1 heterocycles. The number of sulfonamides is 1. The van der Waals surface area contributed by atoms with Crippen LogP contribution in [0.1, 0.15) is 1.43 Å². The molecule has 0 bridgehead atoms. The molecule has 0 fully saturated rings. The van der Waals surface area contributed by atoms with Crippen molar-refractivity contribution in [2.75, 3.05) is 11.0 Å². The number of rotatable bonds is 8. The van der Waals surface area contributed by atoms with Gasteiger partial charge in [0.25, 0.3) is 0 Å². The molecule has 32 heavy (non-hydrogen) atoms. The summed E-state index contributed by atoms with van der Waals surface area (Å²) in [6.45, 7) is 0. The summed E-state index contributed by atoms with van der Waals surface area (Å²) in [7, 11) is -8.74. The first kappa shape index (κ1) is 30.8. The molecule has 162 valence electrons. The standard InChI is InChI=1S/C16H15N3O8S3.2K.H2/c1-29(21,22)18-16-10-13(11-5-3-2-4-6-11)17-19(16)14-9-12(28-27-26-20)7-8-15(14)30(23,24)25;;;/h2-10,18,20H,1H3,(H,23,24,25);;;1H/q;2*+1;/p-2. The zero-order valence-corrected chi connectivity index (χ0v) is 25.8. The van der Waals surface area contributed by atoms with E-state index in [9.17, 15) is 26.6 Å². The van der Waals surface area contributed by atoms with Gasteiger partial charge in [-0.25, -0.2) is 21.5 Å². The van der Waals surface area contributed by atoms with Gasteiger partial charge in [0, 0.05) is 18.0 Å². The Morgan fingerprint density at radius 3 is 2.28 bits per heavy atom. The maximum atomic E-state index is 11.8. The van der Waals surface area contributed by atoms with Crippen molar-refractivity contribution in [2.24, 2.45) is 0 Å². The van der Waals surface area contributed by atoms with Gasteiger partial charge in [0.2, 0.25) is 10.0 Å². The van der Waals surface area contributed by atoms with Gasteiger partial charge in [-0.3, -0.25) is 9.76 Å². The second kappa shape index (κ2) is 13.2. The van der Waals surface area contributed by atoms with E-state index in [2.05, 4.69) is 19.2 Å². The molecule has 0 saturated carbocycles. The van der Waals surface area contributed by atoms with Crippen molar-refractivity contribution < 1.29 is 140 Å². The molecule has 0 unspecified atom stereocenters. The number of hydrogen-bond acceptors (Lipinski definition) is 10. The molecule has 0 aliphatic heterocycles. The minimum atomic E-state index is -4.97. The van der Waals surface area contributed by atoms with Gasteiger partial charge in [-0.15, -0.1) is 0 Å². The van der Waals surface area contributed by atoms with Gasteiger partial charge in [0.1, 0.15) is 15.9 Å². The van der Waals surface area contributed by atoms with Gasteiger partial charge < -0.3 is 9.81 Å². The summed E-state index contributed by atoms with van der Waals surface area (Å²) >= 11 is 0.459. The van der Waals surface area contributed by atoms with E-state index in [4.69, 9.17) is 0 Å². The monoisotopic (exact) mass is 551 g/mol. The van der Waals surface area contributed by atoms with Crippen molar-refractivity contribution in [1.82, 2.24) is 9.78 Å². The zero-order valence-electron chi connectivity index (χ0n) is 17.1. The molecule has 0 aliphatic carbocycles. The SMILES string of the molecule is CS(=O)(=O)Nc1cc(-c2ccccc2)nn1-c1cc(SOO[O-])ccc1S(=O)(=O)[O-].[HH].[K+].[K+]. The number of anilines is 1. The third-order valence-corrected chi connectivity index (χ3v) is 5.69. The Bertz CT molecular complexity index is 1280. The first-order valence-electron chi connectivity index (χ1n) is 7.95. The minimum absolute atomic E-state index is 0. The van der Waals surface area contributed by atoms with E-state index in [-0.39, 0.29) is 121 Å². The molecule has 3 aromatic rings. The van der Waals surface area contributed by atoms with E-state index in [1.807, 2.05) is 0 Å². The van der Waals surface area contributed by atoms with Crippen LogP contribution < -0.4 is 113 Å². The molecule has 0 radical (unpaired) electrons. The fourth-order valence-electron chi connectivity index (χ4n) is 2.56. The summed E-state index contributed by atoms with van der Waals surface area (Å²) in [6.07, 6.45) is 0.906. The first-order valence-corrected chi connectivity index (χ1v) is 12.0. The van der Waals surface area contributed by atoms with E-state index < -0.39 is 25.0 Å². The fraction of sp³-hybridized carbons (Fsp3) is 0.0625. The van der Waals surface area contributed by atoms with Gasteiger partial charge in [0.15, 0.2) is 0 Å². The second-order valence-electron chi connectivity index (χ2n) is 5.87. The Morgan fingerprint density at radius 1 is 1.06 bits per heavy atom. The zero-order chi connectivity index (χ0) is 21.9. The minimum Gasteiger partial charge on any atom is -0.744 e.